The van der Waals surface area contributed by atoms with Crippen molar-refractivity contribution in [1.29, 1.82) is 0 Å². The third-order valence-electron chi connectivity index (χ3n) is 5.24. The summed E-state index contributed by atoms with van der Waals surface area (Å²) in [6.07, 6.45) is 4.79. The van der Waals surface area contributed by atoms with E-state index in [-0.39, 0.29) is 17.5 Å². The number of hydrogen-bond acceptors (Lipinski definition) is 2. The number of rotatable bonds is 5. The second kappa shape index (κ2) is 7.30. The van der Waals surface area contributed by atoms with E-state index >= 15 is 0 Å². The fourth-order valence-corrected chi connectivity index (χ4v) is 3.80. The third-order valence-corrected chi connectivity index (χ3v) is 5.24. The smallest absolute Gasteiger partial charge is 0.306 e. The molecule has 3 unspecified atom stereocenters. The Morgan fingerprint density at radius 2 is 1.91 bits per heavy atom. The topological polar surface area (TPSA) is 26.3 Å². The molecule has 1 aromatic carbocycles. The molecular formula is C20H30O2. The Labute approximate surface area is 135 Å². The molecule has 0 aromatic heterocycles. The number of benzene rings is 1. The first-order chi connectivity index (χ1) is 10.4. The molecule has 0 bridgehead atoms. The maximum absolute atomic E-state index is 12.0. The van der Waals surface area contributed by atoms with Gasteiger partial charge in [0.1, 0.15) is 6.10 Å². The maximum Gasteiger partial charge on any atom is 0.306 e. The summed E-state index contributed by atoms with van der Waals surface area (Å²) in [4.78, 5) is 12.0. The zero-order valence-electron chi connectivity index (χ0n) is 14.5. The summed E-state index contributed by atoms with van der Waals surface area (Å²) in [5, 5.41) is 0. The molecule has 0 radical (unpaired) electrons. The first-order valence-electron chi connectivity index (χ1n) is 8.70. The molecule has 1 aromatic rings. The highest BCUT2D eigenvalue weighted by Crippen LogP contribution is 2.43. The summed E-state index contributed by atoms with van der Waals surface area (Å²) in [6, 6.07) is 10.6. The van der Waals surface area contributed by atoms with E-state index in [9.17, 15) is 4.79 Å². The van der Waals surface area contributed by atoms with E-state index in [1.807, 2.05) is 6.92 Å². The summed E-state index contributed by atoms with van der Waals surface area (Å²) in [6.45, 7) is 8.88. The van der Waals surface area contributed by atoms with Crippen LogP contribution >= 0.6 is 0 Å². The van der Waals surface area contributed by atoms with E-state index in [1.165, 1.54) is 12.0 Å². The van der Waals surface area contributed by atoms with Crippen molar-refractivity contribution in [2.45, 2.75) is 71.3 Å². The lowest BCUT2D eigenvalue weighted by molar-refractivity contribution is -0.156. The second-order valence-electron chi connectivity index (χ2n) is 7.39. The van der Waals surface area contributed by atoms with Crippen molar-refractivity contribution in [3.63, 3.8) is 0 Å². The summed E-state index contributed by atoms with van der Waals surface area (Å²) in [5.41, 5.74) is 1.37. The van der Waals surface area contributed by atoms with Gasteiger partial charge in [-0.25, -0.2) is 0 Å². The van der Waals surface area contributed by atoms with Crippen LogP contribution in [0.5, 0.6) is 0 Å². The highest BCUT2D eigenvalue weighted by atomic mass is 16.5. The first-order valence-corrected chi connectivity index (χ1v) is 8.70. The van der Waals surface area contributed by atoms with Gasteiger partial charge >= 0.3 is 5.97 Å². The number of hydrogen-bond donors (Lipinski definition) is 0. The van der Waals surface area contributed by atoms with Gasteiger partial charge in [0, 0.05) is 12.3 Å². The van der Waals surface area contributed by atoms with Crippen molar-refractivity contribution in [2.75, 3.05) is 0 Å². The molecule has 2 rings (SSSR count). The minimum atomic E-state index is -0.0320. The molecule has 1 aliphatic rings. The summed E-state index contributed by atoms with van der Waals surface area (Å²) >= 11 is 0. The van der Waals surface area contributed by atoms with Gasteiger partial charge in [0.25, 0.3) is 0 Å². The van der Waals surface area contributed by atoms with Crippen LogP contribution in [0, 0.1) is 11.8 Å². The van der Waals surface area contributed by atoms with Crippen molar-refractivity contribution in [1.82, 2.24) is 0 Å². The van der Waals surface area contributed by atoms with Crippen LogP contribution in [0.2, 0.25) is 0 Å². The van der Waals surface area contributed by atoms with Gasteiger partial charge in [-0.3, -0.25) is 4.79 Å². The van der Waals surface area contributed by atoms with Crippen LogP contribution in [-0.4, -0.2) is 12.1 Å². The molecule has 22 heavy (non-hydrogen) atoms. The molecule has 1 fully saturated rings. The molecule has 122 valence electrons. The van der Waals surface area contributed by atoms with Gasteiger partial charge in [-0.2, -0.15) is 0 Å². The van der Waals surface area contributed by atoms with Gasteiger partial charge in [-0.05, 0) is 36.2 Å². The SMILES string of the molecule is CCCC(=O)OC1CC(C)CCC1C(C)(C)c1ccccc1. The maximum atomic E-state index is 12.0. The van der Waals surface area contributed by atoms with Crippen LogP contribution in [0.15, 0.2) is 30.3 Å². The van der Waals surface area contributed by atoms with E-state index < -0.39 is 0 Å². The van der Waals surface area contributed by atoms with Crippen molar-refractivity contribution in [3.8, 4) is 0 Å². The second-order valence-corrected chi connectivity index (χ2v) is 7.39. The monoisotopic (exact) mass is 302 g/mol. The highest BCUT2D eigenvalue weighted by Gasteiger charge is 2.41. The Bertz CT molecular complexity index is 478. The predicted molar refractivity (Wildman–Crippen MR) is 90.8 cm³/mol. The van der Waals surface area contributed by atoms with E-state index in [4.69, 9.17) is 4.74 Å². The third kappa shape index (κ3) is 3.91. The minimum Gasteiger partial charge on any atom is -0.462 e. The first kappa shape index (κ1) is 17.1. The number of carbonyl (C=O) groups excluding carboxylic acids is 1. The van der Waals surface area contributed by atoms with Crippen LogP contribution in [-0.2, 0) is 14.9 Å². The van der Waals surface area contributed by atoms with Crippen LogP contribution < -0.4 is 0 Å². The number of carbonyl (C=O) groups is 1. The summed E-state index contributed by atoms with van der Waals surface area (Å²) in [7, 11) is 0. The molecule has 1 saturated carbocycles. The average Bonchev–Trinajstić information content (AvgIpc) is 2.48. The highest BCUT2D eigenvalue weighted by molar-refractivity contribution is 5.69. The van der Waals surface area contributed by atoms with Crippen LogP contribution in [0.25, 0.3) is 0 Å². The Morgan fingerprint density at radius 3 is 2.55 bits per heavy atom. The fourth-order valence-electron chi connectivity index (χ4n) is 3.80. The van der Waals surface area contributed by atoms with Crippen molar-refractivity contribution >= 4 is 5.97 Å². The lowest BCUT2D eigenvalue weighted by Crippen LogP contribution is -2.43. The molecule has 0 heterocycles. The van der Waals surface area contributed by atoms with Crippen LogP contribution in [0.4, 0.5) is 0 Å². The van der Waals surface area contributed by atoms with E-state index in [0.29, 0.717) is 18.3 Å². The van der Waals surface area contributed by atoms with Crippen molar-refractivity contribution in [2.24, 2.45) is 11.8 Å². The largest absolute Gasteiger partial charge is 0.462 e. The van der Waals surface area contributed by atoms with Gasteiger partial charge in [0.2, 0.25) is 0 Å². The Morgan fingerprint density at radius 1 is 1.23 bits per heavy atom. The fraction of sp³-hybridized carbons (Fsp3) is 0.650. The molecule has 1 aliphatic carbocycles. The lowest BCUT2D eigenvalue weighted by atomic mass is 9.64. The zero-order valence-corrected chi connectivity index (χ0v) is 14.5. The molecule has 0 saturated heterocycles. The quantitative estimate of drug-likeness (QED) is 0.706. The average molecular weight is 302 g/mol. The molecule has 0 aliphatic heterocycles. The number of ether oxygens (including phenoxy) is 1. The van der Waals surface area contributed by atoms with E-state index in [1.54, 1.807) is 0 Å². The van der Waals surface area contributed by atoms with Gasteiger partial charge in [-0.15, -0.1) is 0 Å². The summed E-state index contributed by atoms with van der Waals surface area (Å²) in [5.74, 6) is 1.00. The minimum absolute atomic E-state index is 0.0264. The van der Waals surface area contributed by atoms with Crippen LogP contribution in [0.1, 0.15) is 65.4 Å². The van der Waals surface area contributed by atoms with Gasteiger partial charge < -0.3 is 4.74 Å². The Hall–Kier alpha value is -1.31. The summed E-state index contributed by atoms with van der Waals surface area (Å²) < 4.78 is 5.88. The standard InChI is InChI=1S/C20H30O2/c1-5-9-19(21)22-18-14-15(2)12-13-17(18)20(3,4)16-10-7-6-8-11-16/h6-8,10-11,15,17-18H,5,9,12-14H2,1-4H3. The molecule has 0 amide bonds. The molecule has 0 spiro atoms. The van der Waals surface area contributed by atoms with Crippen molar-refractivity contribution < 1.29 is 9.53 Å². The van der Waals surface area contributed by atoms with E-state index in [0.717, 1.165) is 19.3 Å². The zero-order chi connectivity index (χ0) is 16.2. The molecular weight excluding hydrogens is 272 g/mol. The van der Waals surface area contributed by atoms with Gasteiger partial charge in [-0.1, -0.05) is 64.4 Å². The molecule has 3 atom stereocenters. The van der Waals surface area contributed by atoms with Gasteiger partial charge in [0.05, 0.1) is 0 Å². The van der Waals surface area contributed by atoms with Crippen molar-refractivity contribution in [3.05, 3.63) is 35.9 Å². The predicted octanol–water partition coefficient (Wildman–Crippen LogP) is 5.11. The van der Waals surface area contributed by atoms with Gasteiger partial charge in [0.15, 0.2) is 0 Å². The van der Waals surface area contributed by atoms with E-state index in [2.05, 4.69) is 51.1 Å². The Balaban J connectivity index is 2.19. The Kier molecular flexibility index (Phi) is 5.66. The van der Waals surface area contributed by atoms with Crippen LogP contribution in [0.3, 0.4) is 0 Å². The molecule has 2 heteroatoms. The molecule has 0 N–H and O–H groups in total. The molecule has 2 nitrogen and oxygen atoms in total. The normalized spacial score (nSPS) is 25.7. The lowest BCUT2D eigenvalue weighted by Gasteiger charge is -2.44. The number of esters is 1.